The van der Waals surface area contributed by atoms with Gasteiger partial charge in [-0.15, -0.1) is 5.10 Å². The Kier molecular flexibility index (Phi) is 5.35. The van der Waals surface area contributed by atoms with E-state index in [0.717, 1.165) is 67.7 Å². The molecule has 0 bridgehead atoms. The van der Waals surface area contributed by atoms with Gasteiger partial charge in [-0.1, -0.05) is 18.6 Å². The number of rotatable bonds is 5. The molecule has 30 heavy (non-hydrogen) atoms. The van der Waals surface area contributed by atoms with Gasteiger partial charge in [-0.3, -0.25) is 9.69 Å². The molecule has 2 fully saturated rings. The highest BCUT2D eigenvalue weighted by Gasteiger charge is 2.32. The Morgan fingerprint density at radius 3 is 2.87 bits per heavy atom. The quantitative estimate of drug-likeness (QED) is 0.698. The molecule has 3 aromatic rings. The maximum Gasteiger partial charge on any atom is 0.253 e. The maximum atomic E-state index is 13.2. The minimum Gasteiger partial charge on any atom is -0.376 e. The van der Waals surface area contributed by atoms with E-state index >= 15 is 0 Å². The molecule has 0 radical (unpaired) electrons. The van der Waals surface area contributed by atoms with Gasteiger partial charge in [0.25, 0.3) is 5.56 Å². The molecule has 2 aromatic heterocycles. The molecule has 0 saturated carbocycles. The third-order valence-electron chi connectivity index (χ3n) is 6.29. The van der Waals surface area contributed by atoms with E-state index in [0.29, 0.717) is 12.1 Å². The third kappa shape index (κ3) is 3.77. The summed E-state index contributed by atoms with van der Waals surface area (Å²) in [6.07, 6.45) is 5.68. The highest BCUT2D eigenvalue weighted by Crippen LogP contribution is 2.30. The lowest BCUT2D eigenvalue weighted by Crippen LogP contribution is -2.39. The number of aryl methyl sites for hydroxylation is 1. The van der Waals surface area contributed by atoms with E-state index in [1.165, 1.54) is 6.42 Å². The first-order valence-electron chi connectivity index (χ1n) is 10.9. The molecule has 2 aliphatic heterocycles. The Hall–Kier alpha value is -2.58. The van der Waals surface area contributed by atoms with E-state index in [4.69, 9.17) is 4.74 Å². The number of likely N-dealkylation sites (tertiary alicyclic amines) is 1. The molecule has 5 rings (SSSR count). The summed E-state index contributed by atoms with van der Waals surface area (Å²) in [4.78, 5) is 18.6. The van der Waals surface area contributed by atoms with Crippen molar-refractivity contribution in [2.24, 2.45) is 0 Å². The number of hydrogen-bond donors (Lipinski definition) is 1. The Morgan fingerprint density at radius 2 is 2.07 bits per heavy atom. The third-order valence-corrected chi connectivity index (χ3v) is 6.29. The number of nitrogens with one attached hydrogen (secondary N) is 1. The number of pyridine rings is 1. The Balaban J connectivity index is 1.59. The van der Waals surface area contributed by atoms with Gasteiger partial charge in [-0.05, 0) is 79.2 Å². The Bertz CT molecular complexity index is 1080. The molecule has 8 heteroatoms. The van der Waals surface area contributed by atoms with E-state index in [2.05, 4.69) is 37.5 Å². The van der Waals surface area contributed by atoms with Crippen LogP contribution in [-0.2, 0) is 11.3 Å². The van der Waals surface area contributed by atoms with E-state index in [-0.39, 0.29) is 17.7 Å². The van der Waals surface area contributed by atoms with Crippen molar-refractivity contribution in [1.82, 2.24) is 30.1 Å². The predicted molar refractivity (Wildman–Crippen MR) is 113 cm³/mol. The number of aromatic nitrogens is 5. The Labute approximate surface area is 175 Å². The first-order valence-corrected chi connectivity index (χ1v) is 10.9. The van der Waals surface area contributed by atoms with Crippen LogP contribution < -0.4 is 5.56 Å². The van der Waals surface area contributed by atoms with Crippen LogP contribution in [0.25, 0.3) is 10.9 Å². The van der Waals surface area contributed by atoms with Gasteiger partial charge in [0.2, 0.25) is 0 Å². The lowest BCUT2D eigenvalue weighted by Gasteiger charge is -2.33. The SMILES string of the molecule is Cc1ccc2cc(C(c3nnnn3CC3CCCO3)N3CCCCC3)c(=O)[nH]c2c1. The van der Waals surface area contributed by atoms with Crippen molar-refractivity contribution in [3.05, 3.63) is 51.6 Å². The maximum absolute atomic E-state index is 13.2. The van der Waals surface area contributed by atoms with Crippen LogP contribution in [0.4, 0.5) is 0 Å². The normalized spacial score (nSPS) is 21.3. The van der Waals surface area contributed by atoms with Gasteiger partial charge >= 0.3 is 0 Å². The number of nitrogens with zero attached hydrogens (tertiary/aromatic N) is 5. The molecule has 0 amide bonds. The molecular formula is C22H28N6O2. The number of hydrogen-bond acceptors (Lipinski definition) is 6. The summed E-state index contributed by atoms with van der Waals surface area (Å²) in [5.74, 6) is 0.726. The molecule has 0 spiro atoms. The topological polar surface area (TPSA) is 88.9 Å². The van der Waals surface area contributed by atoms with Gasteiger partial charge in [0.15, 0.2) is 5.82 Å². The summed E-state index contributed by atoms with van der Waals surface area (Å²) in [5, 5.41) is 13.7. The number of benzene rings is 1. The summed E-state index contributed by atoms with van der Waals surface area (Å²) in [5.41, 5.74) is 2.62. The van der Waals surface area contributed by atoms with E-state index in [9.17, 15) is 4.79 Å². The minimum atomic E-state index is -0.267. The van der Waals surface area contributed by atoms with Crippen LogP contribution in [0.3, 0.4) is 0 Å². The van der Waals surface area contributed by atoms with Crippen molar-refractivity contribution in [3.63, 3.8) is 0 Å². The first-order chi connectivity index (χ1) is 14.7. The van der Waals surface area contributed by atoms with E-state index in [1.54, 1.807) is 0 Å². The molecule has 2 aliphatic rings. The fraction of sp³-hybridized carbons (Fsp3) is 0.545. The second-order valence-corrected chi connectivity index (χ2v) is 8.50. The zero-order chi connectivity index (χ0) is 20.5. The molecule has 1 aromatic carbocycles. The zero-order valence-electron chi connectivity index (χ0n) is 17.4. The predicted octanol–water partition coefficient (Wildman–Crippen LogP) is 2.58. The van der Waals surface area contributed by atoms with Gasteiger partial charge in [-0.25, -0.2) is 4.68 Å². The molecule has 158 valence electrons. The largest absolute Gasteiger partial charge is 0.376 e. The van der Waals surface area contributed by atoms with Crippen LogP contribution in [0.1, 0.15) is 55.1 Å². The Morgan fingerprint density at radius 1 is 1.20 bits per heavy atom. The average molecular weight is 409 g/mol. The van der Waals surface area contributed by atoms with Crippen LogP contribution >= 0.6 is 0 Å². The second kappa shape index (κ2) is 8.28. The molecule has 2 saturated heterocycles. The smallest absolute Gasteiger partial charge is 0.253 e. The van der Waals surface area contributed by atoms with Gasteiger partial charge in [0, 0.05) is 17.7 Å². The number of H-pyrrole nitrogens is 1. The highest BCUT2D eigenvalue weighted by molar-refractivity contribution is 5.79. The van der Waals surface area contributed by atoms with Crippen molar-refractivity contribution < 1.29 is 4.74 Å². The standard InChI is InChI=1S/C22H28N6O2/c1-15-7-8-16-13-18(22(29)23-19(16)12-15)20(27-9-3-2-4-10-27)21-24-25-26-28(21)14-17-6-5-11-30-17/h7-8,12-13,17,20H,2-6,9-11,14H2,1H3,(H,23,29). The van der Waals surface area contributed by atoms with Crippen molar-refractivity contribution in [3.8, 4) is 0 Å². The number of aromatic amines is 1. The van der Waals surface area contributed by atoms with E-state index < -0.39 is 0 Å². The van der Waals surface area contributed by atoms with Crippen LogP contribution in [0, 0.1) is 6.92 Å². The fourth-order valence-corrected chi connectivity index (χ4v) is 4.73. The van der Waals surface area contributed by atoms with Crippen LogP contribution in [-0.4, -0.2) is 55.9 Å². The molecule has 0 aliphatic carbocycles. The number of ether oxygens (including phenoxy) is 1. The molecular weight excluding hydrogens is 380 g/mol. The molecule has 2 unspecified atom stereocenters. The highest BCUT2D eigenvalue weighted by atomic mass is 16.5. The first kappa shape index (κ1) is 19.4. The van der Waals surface area contributed by atoms with Crippen molar-refractivity contribution >= 4 is 10.9 Å². The van der Waals surface area contributed by atoms with Crippen LogP contribution in [0.15, 0.2) is 29.1 Å². The van der Waals surface area contributed by atoms with Gasteiger partial charge in [0.1, 0.15) is 6.04 Å². The second-order valence-electron chi connectivity index (χ2n) is 8.50. The van der Waals surface area contributed by atoms with Gasteiger partial charge in [0.05, 0.1) is 12.6 Å². The summed E-state index contributed by atoms with van der Waals surface area (Å²) >= 11 is 0. The minimum absolute atomic E-state index is 0.0738. The fourth-order valence-electron chi connectivity index (χ4n) is 4.73. The van der Waals surface area contributed by atoms with Gasteiger partial charge in [-0.2, -0.15) is 0 Å². The van der Waals surface area contributed by atoms with Crippen molar-refractivity contribution in [2.45, 2.75) is 57.7 Å². The number of tetrazole rings is 1. The average Bonchev–Trinajstić information content (AvgIpc) is 3.42. The molecule has 2 atom stereocenters. The lowest BCUT2D eigenvalue weighted by molar-refractivity contribution is 0.0902. The number of fused-ring (bicyclic) bond motifs is 1. The van der Waals surface area contributed by atoms with Crippen LogP contribution in [0.5, 0.6) is 0 Å². The summed E-state index contributed by atoms with van der Waals surface area (Å²) < 4.78 is 7.65. The summed E-state index contributed by atoms with van der Waals surface area (Å²) in [6, 6.07) is 7.89. The summed E-state index contributed by atoms with van der Waals surface area (Å²) in [7, 11) is 0. The number of piperidine rings is 1. The molecule has 8 nitrogen and oxygen atoms in total. The van der Waals surface area contributed by atoms with Crippen molar-refractivity contribution in [1.29, 1.82) is 0 Å². The van der Waals surface area contributed by atoms with Gasteiger partial charge < -0.3 is 9.72 Å². The lowest BCUT2D eigenvalue weighted by atomic mass is 10.00. The van der Waals surface area contributed by atoms with Crippen LogP contribution in [0.2, 0.25) is 0 Å². The molecule has 1 N–H and O–H groups in total. The van der Waals surface area contributed by atoms with E-state index in [1.807, 2.05) is 23.7 Å². The summed E-state index contributed by atoms with van der Waals surface area (Å²) in [6.45, 7) is 5.31. The zero-order valence-corrected chi connectivity index (χ0v) is 17.4. The molecule has 4 heterocycles. The monoisotopic (exact) mass is 408 g/mol. The van der Waals surface area contributed by atoms with Crippen molar-refractivity contribution in [2.75, 3.05) is 19.7 Å².